The van der Waals surface area contributed by atoms with Gasteiger partial charge in [-0.25, -0.2) is 4.79 Å². The monoisotopic (exact) mass is 240 g/mol. The lowest BCUT2D eigenvalue weighted by Gasteiger charge is -2.30. The van der Waals surface area contributed by atoms with Crippen LogP contribution in [0.25, 0.3) is 0 Å². The van der Waals surface area contributed by atoms with E-state index in [4.69, 9.17) is 5.11 Å². The number of rotatable bonds is 4. The van der Waals surface area contributed by atoms with Gasteiger partial charge in [0.2, 0.25) is 0 Å². The Kier molecular flexibility index (Phi) is 4.25. The molecule has 0 bridgehead atoms. The minimum atomic E-state index is -0.986. The molecule has 0 unspecified atom stereocenters. The highest BCUT2D eigenvalue weighted by Gasteiger charge is 2.29. The number of hydrogen-bond donors (Lipinski definition) is 1. The van der Waals surface area contributed by atoms with Crippen molar-refractivity contribution < 1.29 is 19.5 Å². The second-order valence-electron chi connectivity index (χ2n) is 3.87. The highest BCUT2D eigenvalue weighted by molar-refractivity contribution is 6.35. The minimum absolute atomic E-state index is 0.174. The lowest BCUT2D eigenvalue weighted by atomic mass is 10.2. The molecule has 94 valence electrons. The van der Waals surface area contributed by atoms with Crippen LogP contribution in [0.15, 0.2) is 11.6 Å². The quantitative estimate of drug-likeness (QED) is 0.541. The van der Waals surface area contributed by atoms with Crippen LogP contribution in [0.2, 0.25) is 0 Å². The van der Waals surface area contributed by atoms with E-state index in [9.17, 15) is 14.4 Å². The topological polar surface area (TPSA) is 77.9 Å². The minimum Gasteiger partial charge on any atom is -0.478 e. The maximum Gasteiger partial charge on any atom is 0.331 e. The first kappa shape index (κ1) is 13.2. The molecular formula is C11H16N2O4. The number of nitrogens with zero attached hydrogens (tertiary/aromatic N) is 2. The molecule has 1 N–H and O–H groups in total. The zero-order valence-corrected chi connectivity index (χ0v) is 9.97. The molecule has 6 heteroatoms. The van der Waals surface area contributed by atoms with E-state index in [0.29, 0.717) is 19.5 Å². The zero-order valence-electron chi connectivity index (χ0n) is 9.97. The van der Waals surface area contributed by atoms with Gasteiger partial charge >= 0.3 is 17.8 Å². The third kappa shape index (κ3) is 3.05. The van der Waals surface area contributed by atoms with Crippen LogP contribution < -0.4 is 0 Å². The van der Waals surface area contributed by atoms with Crippen LogP contribution in [0.1, 0.15) is 13.3 Å². The largest absolute Gasteiger partial charge is 0.478 e. The molecule has 1 aliphatic rings. The molecule has 6 nitrogen and oxygen atoms in total. The van der Waals surface area contributed by atoms with Crippen LogP contribution in [-0.2, 0) is 14.4 Å². The van der Waals surface area contributed by atoms with E-state index in [2.05, 4.69) is 0 Å². The average molecular weight is 240 g/mol. The summed E-state index contributed by atoms with van der Waals surface area (Å²) in [7, 11) is 1.57. The Morgan fingerprint density at radius 2 is 2.00 bits per heavy atom. The SMILES string of the molecule is CCC(=CCN1CCN(C)C(=O)C1=O)C(=O)O. The summed E-state index contributed by atoms with van der Waals surface area (Å²) < 4.78 is 0. The third-order valence-electron chi connectivity index (χ3n) is 2.74. The fraction of sp³-hybridized carbons (Fsp3) is 0.545. The van der Waals surface area contributed by atoms with Gasteiger partial charge in [-0.15, -0.1) is 0 Å². The number of carbonyl (C=O) groups is 3. The van der Waals surface area contributed by atoms with Gasteiger partial charge in [0.05, 0.1) is 0 Å². The molecular weight excluding hydrogens is 224 g/mol. The number of hydrogen-bond acceptors (Lipinski definition) is 3. The summed E-state index contributed by atoms with van der Waals surface area (Å²) in [4.78, 5) is 36.4. The molecule has 1 heterocycles. The van der Waals surface area contributed by atoms with Crippen LogP contribution in [0.3, 0.4) is 0 Å². The Bertz CT molecular complexity index is 376. The van der Waals surface area contributed by atoms with E-state index in [1.807, 2.05) is 0 Å². The van der Waals surface area contributed by atoms with E-state index in [0.717, 1.165) is 0 Å². The highest BCUT2D eigenvalue weighted by atomic mass is 16.4. The molecule has 1 fully saturated rings. The summed E-state index contributed by atoms with van der Waals surface area (Å²) in [5.74, 6) is -2.10. The molecule has 2 amide bonds. The first-order valence-corrected chi connectivity index (χ1v) is 5.44. The van der Waals surface area contributed by atoms with E-state index in [-0.39, 0.29) is 12.1 Å². The van der Waals surface area contributed by atoms with Gasteiger partial charge in [0.1, 0.15) is 0 Å². The summed E-state index contributed by atoms with van der Waals surface area (Å²) in [5.41, 5.74) is 0.254. The summed E-state index contributed by atoms with van der Waals surface area (Å²) in [6, 6.07) is 0. The molecule has 0 radical (unpaired) electrons. The summed E-state index contributed by atoms with van der Waals surface area (Å²) in [6.45, 7) is 2.83. The lowest BCUT2D eigenvalue weighted by molar-refractivity contribution is -0.154. The molecule has 0 aliphatic carbocycles. The number of amides is 2. The van der Waals surface area contributed by atoms with Crippen LogP contribution in [0.5, 0.6) is 0 Å². The van der Waals surface area contributed by atoms with Crippen molar-refractivity contribution in [2.24, 2.45) is 0 Å². The van der Waals surface area contributed by atoms with Gasteiger partial charge in [-0.05, 0) is 6.42 Å². The lowest BCUT2D eigenvalue weighted by Crippen LogP contribution is -2.52. The standard InChI is InChI=1S/C11H16N2O4/c1-3-8(11(16)17)4-5-13-7-6-12(2)9(14)10(13)15/h4H,3,5-7H2,1-2H3,(H,16,17). The van der Waals surface area contributed by atoms with Gasteiger partial charge in [0.15, 0.2) is 0 Å². The molecule has 0 spiro atoms. The van der Waals surface area contributed by atoms with Gasteiger partial charge in [0, 0.05) is 32.3 Å². The second-order valence-corrected chi connectivity index (χ2v) is 3.87. The van der Waals surface area contributed by atoms with E-state index in [1.165, 1.54) is 15.9 Å². The fourth-order valence-corrected chi connectivity index (χ4v) is 1.55. The zero-order chi connectivity index (χ0) is 13.0. The molecule has 0 aromatic carbocycles. The highest BCUT2D eigenvalue weighted by Crippen LogP contribution is 2.06. The Balaban J connectivity index is 2.67. The van der Waals surface area contributed by atoms with Crippen molar-refractivity contribution >= 4 is 17.8 Å². The number of likely N-dealkylation sites (N-methyl/N-ethyl adjacent to an activating group) is 1. The van der Waals surface area contributed by atoms with Gasteiger partial charge in [-0.2, -0.15) is 0 Å². The van der Waals surface area contributed by atoms with E-state index < -0.39 is 17.8 Å². The Labute approximate surface area is 99.5 Å². The van der Waals surface area contributed by atoms with Crippen molar-refractivity contribution in [1.82, 2.24) is 9.80 Å². The average Bonchev–Trinajstić information content (AvgIpc) is 2.29. The first-order chi connectivity index (χ1) is 7.97. The predicted octanol–water partition coefficient (Wildman–Crippen LogP) is -0.292. The number of aliphatic carboxylic acids is 1. The molecule has 0 saturated carbocycles. The van der Waals surface area contributed by atoms with Crippen molar-refractivity contribution in [3.05, 3.63) is 11.6 Å². The Morgan fingerprint density at radius 1 is 1.35 bits per heavy atom. The summed E-state index contributed by atoms with van der Waals surface area (Å²) in [5, 5.41) is 8.82. The van der Waals surface area contributed by atoms with Crippen molar-refractivity contribution in [1.29, 1.82) is 0 Å². The Morgan fingerprint density at radius 3 is 2.53 bits per heavy atom. The van der Waals surface area contributed by atoms with Crippen LogP contribution in [0.4, 0.5) is 0 Å². The van der Waals surface area contributed by atoms with Crippen LogP contribution in [0, 0.1) is 0 Å². The molecule has 0 atom stereocenters. The molecule has 0 aromatic rings. The van der Waals surface area contributed by atoms with Crippen LogP contribution >= 0.6 is 0 Å². The molecule has 1 saturated heterocycles. The number of carboxylic acids is 1. The molecule has 0 aromatic heterocycles. The van der Waals surface area contributed by atoms with Crippen molar-refractivity contribution in [2.45, 2.75) is 13.3 Å². The van der Waals surface area contributed by atoms with Gasteiger partial charge < -0.3 is 14.9 Å². The van der Waals surface area contributed by atoms with Gasteiger partial charge in [-0.3, -0.25) is 9.59 Å². The molecule has 1 aliphatic heterocycles. The third-order valence-corrected chi connectivity index (χ3v) is 2.74. The normalized spacial score (nSPS) is 17.6. The van der Waals surface area contributed by atoms with Crippen molar-refractivity contribution in [3.8, 4) is 0 Å². The van der Waals surface area contributed by atoms with E-state index in [1.54, 1.807) is 14.0 Å². The maximum absolute atomic E-state index is 11.6. The van der Waals surface area contributed by atoms with Gasteiger partial charge in [0.25, 0.3) is 0 Å². The Hall–Kier alpha value is -1.85. The maximum atomic E-state index is 11.6. The molecule has 17 heavy (non-hydrogen) atoms. The predicted molar refractivity (Wildman–Crippen MR) is 60.2 cm³/mol. The van der Waals surface area contributed by atoms with Crippen molar-refractivity contribution in [2.75, 3.05) is 26.7 Å². The van der Waals surface area contributed by atoms with E-state index >= 15 is 0 Å². The number of carbonyl (C=O) groups excluding carboxylic acids is 2. The number of piperazine rings is 1. The smallest absolute Gasteiger partial charge is 0.331 e. The van der Waals surface area contributed by atoms with Crippen molar-refractivity contribution in [3.63, 3.8) is 0 Å². The summed E-state index contributed by atoms with van der Waals surface area (Å²) >= 11 is 0. The summed E-state index contributed by atoms with van der Waals surface area (Å²) in [6.07, 6.45) is 1.88. The fourth-order valence-electron chi connectivity index (χ4n) is 1.55. The first-order valence-electron chi connectivity index (χ1n) is 5.44. The second kappa shape index (κ2) is 5.47. The number of carboxylic acid groups (broad SMARTS) is 1. The van der Waals surface area contributed by atoms with Gasteiger partial charge in [-0.1, -0.05) is 13.0 Å². The van der Waals surface area contributed by atoms with Crippen LogP contribution in [-0.4, -0.2) is 59.4 Å². The molecule has 1 rings (SSSR count).